The minimum Gasteiger partial charge on any atom is -0.491 e. The first-order valence-electron chi connectivity index (χ1n) is 6.52. The van der Waals surface area contributed by atoms with Gasteiger partial charge in [0, 0.05) is 18.7 Å². The van der Waals surface area contributed by atoms with Crippen molar-refractivity contribution < 1.29 is 19.3 Å². The quantitative estimate of drug-likeness (QED) is 0.781. The summed E-state index contributed by atoms with van der Waals surface area (Å²) in [6.07, 6.45) is -0.915. The molecule has 0 radical (unpaired) electrons. The largest absolute Gasteiger partial charge is 0.491 e. The van der Waals surface area contributed by atoms with Gasteiger partial charge >= 0.3 is 0 Å². The molecule has 0 aliphatic carbocycles. The molecule has 0 amide bonds. The Hall–Kier alpha value is -2.18. The van der Waals surface area contributed by atoms with Crippen LogP contribution < -0.4 is 9.47 Å². The standard InChI is InChI=1S/C15H18N2O4/c1-19-9-10-21-13-6-4-3-5-11(13)15(18)12-7-8-14(20-2)17-16-12/h3-8,15,18H,9-10H2,1-2H3. The summed E-state index contributed by atoms with van der Waals surface area (Å²) in [6.45, 7) is 0.890. The molecule has 21 heavy (non-hydrogen) atoms. The van der Waals surface area contributed by atoms with Crippen LogP contribution in [0.15, 0.2) is 36.4 Å². The van der Waals surface area contributed by atoms with Gasteiger partial charge in [0.1, 0.15) is 18.5 Å². The lowest BCUT2D eigenvalue weighted by atomic mass is 10.1. The smallest absolute Gasteiger partial charge is 0.233 e. The molecule has 0 aliphatic heterocycles. The fourth-order valence-corrected chi connectivity index (χ4v) is 1.82. The van der Waals surface area contributed by atoms with Gasteiger partial charge in [0.15, 0.2) is 0 Å². The van der Waals surface area contributed by atoms with Gasteiger partial charge in [-0.25, -0.2) is 0 Å². The van der Waals surface area contributed by atoms with E-state index in [1.165, 1.54) is 7.11 Å². The zero-order valence-electron chi connectivity index (χ0n) is 12.0. The Labute approximate surface area is 123 Å². The van der Waals surface area contributed by atoms with Gasteiger partial charge in [0.2, 0.25) is 5.88 Å². The highest BCUT2D eigenvalue weighted by molar-refractivity contribution is 5.38. The number of aliphatic hydroxyl groups excluding tert-OH is 1. The van der Waals surface area contributed by atoms with Crippen LogP contribution in [-0.4, -0.2) is 42.7 Å². The lowest BCUT2D eigenvalue weighted by molar-refractivity contribution is 0.142. The Morgan fingerprint density at radius 1 is 1.05 bits per heavy atom. The molecule has 0 saturated heterocycles. The van der Waals surface area contributed by atoms with Crippen molar-refractivity contribution in [3.05, 3.63) is 47.7 Å². The van der Waals surface area contributed by atoms with Crippen molar-refractivity contribution >= 4 is 0 Å². The Kier molecular flexibility index (Phi) is 5.48. The van der Waals surface area contributed by atoms with Crippen LogP contribution in [0.2, 0.25) is 0 Å². The van der Waals surface area contributed by atoms with Gasteiger partial charge in [-0.1, -0.05) is 18.2 Å². The number of hydrogen-bond donors (Lipinski definition) is 1. The number of ether oxygens (including phenoxy) is 3. The average Bonchev–Trinajstić information content (AvgIpc) is 2.55. The van der Waals surface area contributed by atoms with Crippen LogP contribution in [0.5, 0.6) is 11.6 Å². The van der Waals surface area contributed by atoms with Gasteiger partial charge in [-0.05, 0) is 12.1 Å². The van der Waals surface area contributed by atoms with E-state index in [2.05, 4.69) is 10.2 Å². The molecular weight excluding hydrogens is 272 g/mol. The minimum absolute atomic E-state index is 0.399. The molecule has 0 saturated carbocycles. The molecular formula is C15H18N2O4. The van der Waals surface area contributed by atoms with Crippen LogP contribution in [0, 0.1) is 0 Å². The highest BCUT2D eigenvalue weighted by atomic mass is 16.5. The number of aliphatic hydroxyl groups is 1. The average molecular weight is 290 g/mol. The molecule has 0 fully saturated rings. The van der Waals surface area contributed by atoms with E-state index in [-0.39, 0.29) is 0 Å². The van der Waals surface area contributed by atoms with Crippen LogP contribution in [-0.2, 0) is 4.74 Å². The summed E-state index contributed by atoms with van der Waals surface area (Å²) in [7, 11) is 3.12. The van der Waals surface area contributed by atoms with Crippen LogP contribution >= 0.6 is 0 Å². The summed E-state index contributed by atoms with van der Waals surface area (Å²) < 4.78 is 15.5. The molecule has 2 rings (SSSR count). The molecule has 2 aromatic rings. The number of hydrogen-bond acceptors (Lipinski definition) is 6. The van der Waals surface area contributed by atoms with E-state index in [0.717, 1.165) is 0 Å². The SMILES string of the molecule is COCCOc1ccccc1C(O)c1ccc(OC)nn1. The zero-order valence-corrected chi connectivity index (χ0v) is 12.0. The fourth-order valence-electron chi connectivity index (χ4n) is 1.82. The topological polar surface area (TPSA) is 73.7 Å². The third-order valence-corrected chi connectivity index (χ3v) is 2.91. The lowest BCUT2D eigenvalue weighted by Gasteiger charge is -2.15. The van der Waals surface area contributed by atoms with Gasteiger partial charge in [0.05, 0.1) is 19.4 Å². The molecule has 6 heteroatoms. The molecule has 0 spiro atoms. The highest BCUT2D eigenvalue weighted by Gasteiger charge is 2.17. The first kappa shape index (κ1) is 15.2. The molecule has 1 N–H and O–H groups in total. The van der Waals surface area contributed by atoms with Crippen molar-refractivity contribution in [3.63, 3.8) is 0 Å². The molecule has 1 aromatic heterocycles. The van der Waals surface area contributed by atoms with E-state index in [0.29, 0.717) is 36.1 Å². The summed E-state index contributed by atoms with van der Waals surface area (Å²) in [6, 6.07) is 10.6. The Balaban J connectivity index is 2.19. The van der Waals surface area contributed by atoms with Gasteiger partial charge in [-0.3, -0.25) is 0 Å². The number of rotatable bonds is 7. The van der Waals surface area contributed by atoms with Crippen LogP contribution in [0.1, 0.15) is 17.4 Å². The summed E-state index contributed by atoms with van der Waals surface area (Å²) in [5, 5.41) is 18.3. The maximum atomic E-state index is 10.4. The Morgan fingerprint density at radius 3 is 2.52 bits per heavy atom. The fraction of sp³-hybridized carbons (Fsp3) is 0.333. The minimum atomic E-state index is -0.915. The Bertz CT molecular complexity index is 560. The summed E-state index contributed by atoms with van der Waals surface area (Å²) >= 11 is 0. The van der Waals surface area contributed by atoms with Crippen LogP contribution in [0.4, 0.5) is 0 Å². The molecule has 1 heterocycles. The molecule has 6 nitrogen and oxygen atoms in total. The van der Waals surface area contributed by atoms with E-state index in [1.54, 1.807) is 31.4 Å². The maximum Gasteiger partial charge on any atom is 0.233 e. The highest BCUT2D eigenvalue weighted by Crippen LogP contribution is 2.29. The van der Waals surface area contributed by atoms with E-state index in [9.17, 15) is 5.11 Å². The zero-order chi connectivity index (χ0) is 15.1. The maximum absolute atomic E-state index is 10.4. The number of methoxy groups -OCH3 is 2. The molecule has 1 unspecified atom stereocenters. The van der Waals surface area contributed by atoms with E-state index in [4.69, 9.17) is 14.2 Å². The normalized spacial score (nSPS) is 12.0. The summed E-state index contributed by atoms with van der Waals surface area (Å²) in [5.74, 6) is 0.996. The summed E-state index contributed by atoms with van der Waals surface area (Å²) in [5.41, 5.74) is 1.06. The van der Waals surface area contributed by atoms with Crippen molar-refractivity contribution in [1.82, 2.24) is 10.2 Å². The lowest BCUT2D eigenvalue weighted by Crippen LogP contribution is -2.09. The molecule has 1 atom stereocenters. The Morgan fingerprint density at radius 2 is 1.86 bits per heavy atom. The van der Waals surface area contributed by atoms with Gasteiger partial charge in [0.25, 0.3) is 0 Å². The molecule has 0 aliphatic rings. The third kappa shape index (κ3) is 3.90. The molecule has 112 valence electrons. The van der Waals surface area contributed by atoms with Crippen LogP contribution in [0.3, 0.4) is 0 Å². The van der Waals surface area contributed by atoms with E-state index >= 15 is 0 Å². The number of aromatic nitrogens is 2. The van der Waals surface area contributed by atoms with Crippen molar-refractivity contribution in [3.8, 4) is 11.6 Å². The van der Waals surface area contributed by atoms with Crippen LogP contribution in [0.25, 0.3) is 0 Å². The number of para-hydroxylation sites is 1. The number of nitrogens with zero attached hydrogens (tertiary/aromatic N) is 2. The molecule has 0 bridgehead atoms. The predicted molar refractivity (Wildman–Crippen MR) is 76.5 cm³/mol. The third-order valence-electron chi connectivity index (χ3n) is 2.91. The van der Waals surface area contributed by atoms with Gasteiger partial charge in [-0.2, -0.15) is 0 Å². The monoisotopic (exact) mass is 290 g/mol. The molecule has 1 aromatic carbocycles. The second-order valence-electron chi connectivity index (χ2n) is 4.28. The van der Waals surface area contributed by atoms with Crippen molar-refractivity contribution in [2.24, 2.45) is 0 Å². The van der Waals surface area contributed by atoms with Crippen molar-refractivity contribution in [1.29, 1.82) is 0 Å². The van der Waals surface area contributed by atoms with Crippen molar-refractivity contribution in [2.45, 2.75) is 6.10 Å². The first-order valence-corrected chi connectivity index (χ1v) is 6.52. The first-order chi connectivity index (χ1) is 10.3. The van der Waals surface area contributed by atoms with Crippen molar-refractivity contribution in [2.75, 3.05) is 27.4 Å². The van der Waals surface area contributed by atoms with Gasteiger partial charge in [-0.15, -0.1) is 10.2 Å². The van der Waals surface area contributed by atoms with Gasteiger partial charge < -0.3 is 19.3 Å². The van der Waals surface area contributed by atoms with E-state index in [1.807, 2.05) is 12.1 Å². The summed E-state index contributed by atoms with van der Waals surface area (Å²) in [4.78, 5) is 0. The van der Waals surface area contributed by atoms with E-state index < -0.39 is 6.10 Å². The predicted octanol–water partition coefficient (Wildman–Crippen LogP) is 1.59. The number of benzene rings is 1. The second kappa shape index (κ2) is 7.56. The second-order valence-corrected chi connectivity index (χ2v) is 4.28.